The minimum absolute atomic E-state index is 0.342. The van der Waals surface area contributed by atoms with Gasteiger partial charge in [-0.15, -0.1) is 0 Å². The number of hydrogen-bond acceptors (Lipinski definition) is 3. The van der Waals surface area contributed by atoms with Crippen LogP contribution in [-0.4, -0.2) is 25.2 Å². The van der Waals surface area contributed by atoms with E-state index in [1.165, 1.54) is 23.1 Å². The summed E-state index contributed by atoms with van der Waals surface area (Å²) in [6, 6.07) is 14.8. The van der Waals surface area contributed by atoms with Crippen molar-refractivity contribution < 1.29 is 14.2 Å². The van der Waals surface area contributed by atoms with Crippen LogP contribution in [0.4, 0.5) is 0 Å². The lowest BCUT2D eigenvalue weighted by Crippen LogP contribution is -2.18. The van der Waals surface area contributed by atoms with Crippen LogP contribution >= 0.6 is 15.9 Å². The van der Waals surface area contributed by atoms with E-state index < -0.39 is 0 Å². The summed E-state index contributed by atoms with van der Waals surface area (Å²) in [5, 5.41) is 1.05. The third-order valence-electron chi connectivity index (χ3n) is 4.58. The van der Waals surface area contributed by atoms with E-state index in [0.717, 1.165) is 55.7 Å². The van der Waals surface area contributed by atoms with Crippen molar-refractivity contribution in [2.75, 3.05) is 25.2 Å². The van der Waals surface area contributed by atoms with Crippen LogP contribution in [0.3, 0.4) is 0 Å². The number of unbranched alkanes of at least 4 members (excludes halogenated alkanes) is 2. The molecule has 0 amide bonds. The number of benzene rings is 2. The third kappa shape index (κ3) is 5.09. The highest BCUT2D eigenvalue weighted by Crippen LogP contribution is 2.35. The molecule has 0 atom stereocenters. The van der Waals surface area contributed by atoms with Crippen LogP contribution in [0.5, 0.6) is 5.75 Å². The zero-order valence-electron chi connectivity index (χ0n) is 15.4. The van der Waals surface area contributed by atoms with Crippen LogP contribution in [0.1, 0.15) is 43.1 Å². The van der Waals surface area contributed by atoms with Crippen molar-refractivity contribution in [3.63, 3.8) is 0 Å². The topological polar surface area (TPSA) is 27.7 Å². The van der Waals surface area contributed by atoms with Crippen molar-refractivity contribution in [1.82, 2.24) is 0 Å². The van der Waals surface area contributed by atoms with Gasteiger partial charge < -0.3 is 14.2 Å². The summed E-state index contributed by atoms with van der Waals surface area (Å²) >= 11 is 3.47. The first-order valence-corrected chi connectivity index (χ1v) is 10.5. The van der Waals surface area contributed by atoms with E-state index in [2.05, 4.69) is 65.3 Å². The van der Waals surface area contributed by atoms with Crippen molar-refractivity contribution in [2.45, 2.75) is 38.9 Å². The molecule has 4 heteroatoms. The van der Waals surface area contributed by atoms with Crippen LogP contribution in [0.2, 0.25) is 0 Å². The molecule has 26 heavy (non-hydrogen) atoms. The zero-order chi connectivity index (χ0) is 18.2. The maximum absolute atomic E-state index is 6.08. The lowest BCUT2D eigenvalue weighted by atomic mass is 9.98. The van der Waals surface area contributed by atoms with Gasteiger partial charge in [-0.3, -0.25) is 0 Å². The number of ether oxygens (including phenoxy) is 3. The lowest BCUT2D eigenvalue weighted by molar-refractivity contribution is -0.183. The van der Waals surface area contributed by atoms with Gasteiger partial charge in [0.2, 0.25) is 0 Å². The Morgan fingerprint density at radius 3 is 2.62 bits per heavy atom. The Morgan fingerprint density at radius 2 is 1.85 bits per heavy atom. The predicted octanol–water partition coefficient (Wildman–Crippen LogP) is 6.04. The SMILES string of the molecule is Cc1ccccc1-c1ccc(OCCCCCBr)c(C2OCCCO2)c1. The number of rotatable bonds is 8. The minimum atomic E-state index is -0.342. The van der Waals surface area contributed by atoms with E-state index in [4.69, 9.17) is 14.2 Å². The average Bonchev–Trinajstić information content (AvgIpc) is 2.69. The molecule has 0 N–H and O–H groups in total. The predicted molar refractivity (Wildman–Crippen MR) is 109 cm³/mol. The summed E-state index contributed by atoms with van der Waals surface area (Å²) in [4.78, 5) is 0. The largest absolute Gasteiger partial charge is 0.493 e. The molecule has 2 aromatic rings. The van der Waals surface area contributed by atoms with Crippen LogP contribution < -0.4 is 4.74 Å². The fourth-order valence-corrected chi connectivity index (χ4v) is 3.55. The molecule has 140 valence electrons. The normalized spacial score (nSPS) is 15.2. The zero-order valence-corrected chi connectivity index (χ0v) is 17.0. The Bertz CT molecular complexity index is 696. The molecule has 0 unspecified atom stereocenters. The number of halogens is 1. The smallest absolute Gasteiger partial charge is 0.187 e. The van der Waals surface area contributed by atoms with Gasteiger partial charge in [0, 0.05) is 5.33 Å². The molecule has 0 bridgehead atoms. The maximum atomic E-state index is 6.08. The Hall–Kier alpha value is -1.36. The van der Waals surface area contributed by atoms with Gasteiger partial charge in [-0.05, 0) is 61.4 Å². The van der Waals surface area contributed by atoms with E-state index in [1.807, 2.05) is 0 Å². The number of aryl methyl sites for hydroxylation is 1. The van der Waals surface area contributed by atoms with Gasteiger partial charge in [-0.2, -0.15) is 0 Å². The first kappa shape index (κ1) is 19.4. The molecule has 0 aromatic heterocycles. The first-order chi connectivity index (χ1) is 12.8. The van der Waals surface area contributed by atoms with Gasteiger partial charge >= 0.3 is 0 Å². The van der Waals surface area contributed by atoms with Crippen LogP contribution in [-0.2, 0) is 9.47 Å². The van der Waals surface area contributed by atoms with Gasteiger partial charge in [-0.1, -0.05) is 46.3 Å². The molecule has 0 radical (unpaired) electrons. The molecule has 0 spiro atoms. The minimum Gasteiger partial charge on any atom is -0.493 e. The molecular formula is C22H27BrO3. The Balaban J connectivity index is 1.82. The fraction of sp³-hybridized carbons (Fsp3) is 0.455. The van der Waals surface area contributed by atoms with Crippen molar-refractivity contribution >= 4 is 15.9 Å². The first-order valence-electron chi connectivity index (χ1n) is 9.41. The molecule has 1 saturated heterocycles. The Labute approximate surface area is 164 Å². The molecule has 2 aromatic carbocycles. The van der Waals surface area contributed by atoms with E-state index in [1.54, 1.807) is 0 Å². The summed E-state index contributed by atoms with van der Waals surface area (Å²) in [5.74, 6) is 0.869. The van der Waals surface area contributed by atoms with Crippen molar-refractivity contribution in [3.8, 4) is 16.9 Å². The van der Waals surface area contributed by atoms with Gasteiger partial charge in [0.25, 0.3) is 0 Å². The van der Waals surface area contributed by atoms with Crippen LogP contribution in [0.25, 0.3) is 11.1 Å². The maximum Gasteiger partial charge on any atom is 0.187 e. The van der Waals surface area contributed by atoms with Gasteiger partial charge in [-0.25, -0.2) is 0 Å². The molecule has 1 fully saturated rings. The average molecular weight is 419 g/mol. The summed E-state index contributed by atoms with van der Waals surface area (Å²) in [7, 11) is 0. The van der Waals surface area contributed by atoms with Gasteiger partial charge in [0.1, 0.15) is 5.75 Å². The van der Waals surface area contributed by atoms with Crippen molar-refractivity contribution in [1.29, 1.82) is 0 Å². The van der Waals surface area contributed by atoms with E-state index in [0.29, 0.717) is 0 Å². The quantitative estimate of drug-likeness (QED) is 0.386. The van der Waals surface area contributed by atoms with Crippen molar-refractivity contribution in [2.24, 2.45) is 0 Å². The van der Waals surface area contributed by atoms with Gasteiger partial charge in [0.05, 0.1) is 25.4 Å². The van der Waals surface area contributed by atoms with Crippen LogP contribution in [0.15, 0.2) is 42.5 Å². The molecule has 0 saturated carbocycles. The summed E-state index contributed by atoms with van der Waals surface area (Å²) in [6.45, 7) is 4.31. The highest BCUT2D eigenvalue weighted by atomic mass is 79.9. The van der Waals surface area contributed by atoms with E-state index in [9.17, 15) is 0 Å². The lowest BCUT2D eigenvalue weighted by Gasteiger charge is -2.26. The number of alkyl halides is 1. The summed E-state index contributed by atoms with van der Waals surface area (Å²) in [5.41, 5.74) is 4.65. The molecule has 1 aliphatic rings. The molecule has 1 aliphatic heterocycles. The highest BCUT2D eigenvalue weighted by molar-refractivity contribution is 9.09. The second-order valence-corrected chi connectivity index (χ2v) is 7.39. The van der Waals surface area contributed by atoms with Crippen LogP contribution in [0, 0.1) is 6.92 Å². The summed E-state index contributed by atoms with van der Waals surface area (Å²) < 4.78 is 17.8. The molecule has 3 nitrogen and oxygen atoms in total. The van der Waals surface area contributed by atoms with E-state index >= 15 is 0 Å². The fourth-order valence-electron chi connectivity index (χ4n) is 3.15. The monoisotopic (exact) mass is 418 g/mol. The van der Waals surface area contributed by atoms with Crippen molar-refractivity contribution in [3.05, 3.63) is 53.6 Å². The second kappa shape index (κ2) is 10.1. The molecule has 3 rings (SSSR count). The molecule has 1 heterocycles. The van der Waals surface area contributed by atoms with Gasteiger partial charge in [0.15, 0.2) is 6.29 Å². The number of hydrogen-bond donors (Lipinski definition) is 0. The molecular weight excluding hydrogens is 392 g/mol. The highest BCUT2D eigenvalue weighted by Gasteiger charge is 2.22. The third-order valence-corrected chi connectivity index (χ3v) is 5.14. The Morgan fingerprint density at radius 1 is 1.04 bits per heavy atom. The summed E-state index contributed by atoms with van der Waals surface area (Å²) in [6.07, 6.45) is 3.99. The molecule has 0 aliphatic carbocycles. The standard InChI is InChI=1S/C22H27BrO3/c1-17-8-3-4-9-19(17)18-10-11-21(24-13-6-2-5-12-23)20(16-18)22-25-14-7-15-26-22/h3-4,8-11,16,22H,2,5-7,12-15H2,1H3. The second-order valence-electron chi connectivity index (χ2n) is 6.59. The Kier molecular flexibility index (Phi) is 7.54. The van der Waals surface area contributed by atoms with E-state index in [-0.39, 0.29) is 6.29 Å².